The molecule has 5 nitrogen and oxygen atoms in total. The number of alkyl halides is 1. The van der Waals surface area contributed by atoms with Crippen LogP contribution in [-0.4, -0.2) is 46.0 Å². The van der Waals surface area contributed by atoms with E-state index in [1.807, 2.05) is 56.5 Å². The van der Waals surface area contributed by atoms with Crippen molar-refractivity contribution in [3.63, 3.8) is 0 Å². The van der Waals surface area contributed by atoms with E-state index in [4.69, 9.17) is 9.47 Å². The summed E-state index contributed by atoms with van der Waals surface area (Å²) in [6, 6.07) is 5.49. The van der Waals surface area contributed by atoms with Crippen LogP contribution in [-0.2, 0) is 0 Å². The summed E-state index contributed by atoms with van der Waals surface area (Å²) in [4.78, 5) is 7.22. The average Bonchev–Trinajstić information content (AvgIpc) is 3.04. The summed E-state index contributed by atoms with van der Waals surface area (Å²) >= 11 is 1.57. The van der Waals surface area contributed by atoms with Gasteiger partial charge in [-0.1, -0.05) is 11.3 Å². The number of anilines is 2. The predicted octanol–water partition coefficient (Wildman–Crippen LogP) is 3.69. The summed E-state index contributed by atoms with van der Waals surface area (Å²) in [5.74, 6) is 1.29. The Morgan fingerprint density at radius 3 is 2.83 bits per heavy atom. The summed E-state index contributed by atoms with van der Waals surface area (Å²) in [5.41, 5.74) is 0.936. The molecule has 0 atom stereocenters. The lowest BCUT2D eigenvalue weighted by Crippen LogP contribution is -2.11. The SMILES string of the molecule is CNc1ncc(/C=C/COc2cc(OCCF)ccc2N(C)C)s1. The van der Waals surface area contributed by atoms with Crippen LogP contribution in [0.2, 0.25) is 0 Å². The predicted molar refractivity (Wildman–Crippen MR) is 98.4 cm³/mol. The molecule has 1 heterocycles. The van der Waals surface area contributed by atoms with Gasteiger partial charge in [-0.15, -0.1) is 0 Å². The lowest BCUT2D eigenvalue weighted by Gasteiger charge is -2.18. The highest BCUT2D eigenvalue weighted by Gasteiger charge is 2.08. The second kappa shape index (κ2) is 9.12. The van der Waals surface area contributed by atoms with Crippen LogP contribution >= 0.6 is 11.3 Å². The van der Waals surface area contributed by atoms with Crippen molar-refractivity contribution in [2.45, 2.75) is 0 Å². The van der Waals surface area contributed by atoms with Gasteiger partial charge in [0.2, 0.25) is 0 Å². The first-order valence-electron chi connectivity index (χ1n) is 7.57. The first-order valence-corrected chi connectivity index (χ1v) is 8.38. The minimum Gasteiger partial charge on any atom is -0.491 e. The molecule has 0 aliphatic rings. The van der Waals surface area contributed by atoms with Gasteiger partial charge in [0, 0.05) is 38.3 Å². The molecule has 0 saturated carbocycles. The zero-order valence-electron chi connectivity index (χ0n) is 14.1. The Morgan fingerprint density at radius 2 is 2.17 bits per heavy atom. The Labute approximate surface area is 145 Å². The Balaban J connectivity index is 2.00. The Morgan fingerprint density at radius 1 is 1.33 bits per heavy atom. The standard InChI is InChI=1S/C17H22FN3O2S/c1-19-17-20-12-14(24-17)5-4-9-23-16-11-13(22-10-8-18)6-7-15(16)21(2)3/h4-7,11-12H,8-10H2,1-3H3,(H,19,20)/b5-4+. The minimum atomic E-state index is -0.516. The van der Waals surface area contributed by atoms with E-state index in [1.165, 1.54) is 0 Å². The van der Waals surface area contributed by atoms with E-state index in [0.29, 0.717) is 18.1 Å². The molecule has 2 rings (SSSR count). The van der Waals surface area contributed by atoms with Gasteiger partial charge >= 0.3 is 0 Å². The lowest BCUT2D eigenvalue weighted by atomic mass is 10.2. The number of benzene rings is 1. The van der Waals surface area contributed by atoms with Crippen LogP contribution in [0.1, 0.15) is 4.88 Å². The zero-order chi connectivity index (χ0) is 17.4. The minimum absolute atomic E-state index is 0.0415. The van der Waals surface area contributed by atoms with Crippen LogP contribution in [0.4, 0.5) is 15.2 Å². The number of thiazole rings is 1. The van der Waals surface area contributed by atoms with Gasteiger partial charge in [0.05, 0.1) is 5.69 Å². The van der Waals surface area contributed by atoms with Gasteiger partial charge in [0.1, 0.15) is 31.4 Å². The summed E-state index contributed by atoms with van der Waals surface area (Å²) in [6.07, 6.45) is 5.71. The fraction of sp³-hybridized carbons (Fsp3) is 0.353. The molecule has 0 bridgehead atoms. The van der Waals surface area contributed by atoms with Crippen molar-refractivity contribution in [1.82, 2.24) is 4.98 Å². The van der Waals surface area contributed by atoms with Crippen molar-refractivity contribution >= 4 is 28.2 Å². The number of nitrogens with zero attached hydrogens (tertiary/aromatic N) is 2. The topological polar surface area (TPSA) is 46.6 Å². The molecule has 1 aromatic heterocycles. The fourth-order valence-electron chi connectivity index (χ4n) is 2.01. The largest absolute Gasteiger partial charge is 0.491 e. The third-order valence-corrected chi connectivity index (χ3v) is 4.09. The number of hydrogen-bond acceptors (Lipinski definition) is 6. The highest BCUT2D eigenvalue weighted by atomic mass is 32.1. The number of rotatable bonds is 9. The van der Waals surface area contributed by atoms with Gasteiger partial charge in [-0.05, 0) is 24.3 Å². The van der Waals surface area contributed by atoms with Crippen molar-refractivity contribution in [3.05, 3.63) is 35.3 Å². The monoisotopic (exact) mass is 351 g/mol. The van der Waals surface area contributed by atoms with Crippen molar-refractivity contribution in [3.8, 4) is 11.5 Å². The van der Waals surface area contributed by atoms with Gasteiger partial charge in [0.25, 0.3) is 0 Å². The molecule has 0 spiro atoms. The zero-order valence-corrected chi connectivity index (χ0v) is 14.9. The summed E-state index contributed by atoms with van der Waals surface area (Å²) in [5, 5.41) is 3.88. The van der Waals surface area contributed by atoms with E-state index >= 15 is 0 Å². The lowest BCUT2D eigenvalue weighted by molar-refractivity contribution is 0.271. The van der Waals surface area contributed by atoms with Crippen molar-refractivity contribution in [2.24, 2.45) is 0 Å². The third-order valence-electron chi connectivity index (χ3n) is 3.11. The van der Waals surface area contributed by atoms with Gasteiger partial charge in [-0.2, -0.15) is 0 Å². The van der Waals surface area contributed by atoms with E-state index in [0.717, 1.165) is 15.7 Å². The van der Waals surface area contributed by atoms with E-state index in [1.54, 1.807) is 17.4 Å². The molecule has 7 heteroatoms. The molecular formula is C17H22FN3O2S. The van der Waals surface area contributed by atoms with E-state index < -0.39 is 6.67 Å². The number of hydrogen-bond donors (Lipinski definition) is 1. The molecule has 0 fully saturated rings. The Hall–Kier alpha value is -2.28. The molecular weight excluding hydrogens is 329 g/mol. The summed E-state index contributed by atoms with van der Waals surface area (Å²) in [6.45, 7) is -0.0577. The average molecular weight is 351 g/mol. The maximum atomic E-state index is 12.2. The Kier molecular flexibility index (Phi) is 6.87. The number of nitrogens with one attached hydrogen (secondary N) is 1. The van der Waals surface area contributed by atoms with Gasteiger partial charge in [-0.25, -0.2) is 9.37 Å². The van der Waals surface area contributed by atoms with E-state index in [2.05, 4.69) is 10.3 Å². The van der Waals surface area contributed by atoms with Crippen LogP contribution in [0.5, 0.6) is 11.5 Å². The van der Waals surface area contributed by atoms with E-state index in [9.17, 15) is 4.39 Å². The van der Waals surface area contributed by atoms with Crippen molar-refractivity contribution < 1.29 is 13.9 Å². The molecule has 0 unspecified atom stereocenters. The highest BCUT2D eigenvalue weighted by Crippen LogP contribution is 2.31. The molecule has 24 heavy (non-hydrogen) atoms. The number of aromatic nitrogens is 1. The van der Waals surface area contributed by atoms with Crippen molar-refractivity contribution in [1.29, 1.82) is 0 Å². The molecule has 0 amide bonds. The molecule has 0 aliphatic heterocycles. The van der Waals surface area contributed by atoms with Crippen LogP contribution in [0.3, 0.4) is 0 Å². The van der Waals surface area contributed by atoms with Crippen LogP contribution in [0.15, 0.2) is 30.5 Å². The highest BCUT2D eigenvalue weighted by molar-refractivity contribution is 7.16. The maximum Gasteiger partial charge on any atom is 0.182 e. The second-order valence-electron chi connectivity index (χ2n) is 5.09. The fourth-order valence-corrected chi connectivity index (χ4v) is 2.71. The molecule has 0 aliphatic carbocycles. The van der Waals surface area contributed by atoms with Gasteiger partial charge < -0.3 is 19.7 Å². The van der Waals surface area contributed by atoms with Crippen LogP contribution < -0.4 is 19.7 Å². The molecule has 0 radical (unpaired) electrons. The number of ether oxygens (including phenoxy) is 2. The second-order valence-corrected chi connectivity index (χ2v) is 6.15. The molecule has 1 N–H and O–H groups in total. The number of halogens is 1. The first kappa shape index (κ1) is 18.1. The quantitative estimate of drug-likeness (QED) is 0.746. The summed E-state index contributed by atoms with van der Waals surface area (Å²) in [7, 11) is 5.73. The van der Waals surface area contributed by atoms with Crippen LogP contribution in [0, 0.1) is 0 Å². The molecule has 1 aromatic carbocycles. The smallest absolute Gasteiger partial charge is 0.182 e. The van der Waals surface area contributed by atoms with Gasteiger partial charge in [-0.3, -0.25) is 0 Å². The van der Waals surface area contributed by atoms with Gasteiger partial charge in [0.15, 0.2) is 5.13 Å². The molecule has 130 valence electrons. The normalized spacial score (nSPS) is 10.8. The van der Waals surface area contributed by atoms with Crippen LogP contribution in [0.25, 0.3) is 6.08 Å². The molecule has 2 aromatic rings. The molecule has 0 saturated heterocycles. The van der Waals surface area contributed by atoms with Crippen molar-refractivity contribution in [2.75, 3.05) is 51.2 Å². The Bertz CT molecular complexity index is 674. The summed E-state index contributed by atoms with van der Waals surface area (Å²) < 4.78 is 23.4. The maximum absolute atomic E-state index is 12.2. The first-order chi connectivity index (χ1) is 11.6. The third kappa shape index (κ3) is 5.13. The van der Waals surface area contributed by atoms with E-state index in [-0.39, 0.29) is 6.61 Å².